The summed E-state index contributed by atoms with van der Waals surface area (Å²) in [5.74, 6) is 0.152. The van der Waals surface area contributed by atoms with E-state index in [0.29, 0.717) is 10.9 Å². The molecule has 17 nitrogen and oxygen atoms in total. The van der Waals surface area contributed by atoms with E-state index in [1.54, 1.807) is 6.20 Å². The number of phosphoric ester groups is 1. The van der Waals surface area contributed by atoms with E-state index >= 15 is 0 Å². The molecule has 4 rings (SSSR count). The molecule has 0 spiro atoms. The summed E-state index contributed by atoms with van der Waals surface area (Å²) >= 11 is 1.40. The molecule has 0 bridgehead atoms. The van der Waals surface area contributed by atoms with E-state index in [2.05, 4.69) is 23.1 Å². The summed E-state index contributed by atoms with van der Waals surface area (Å²) in [5, 5.41) is 23.3. The summed E-state index contributed by atoms with van der Waals surface area (Å²) in [7, 11) is -16.7. The minimum Gasteiger partial charge on any atom is -0.387 e. The maximum atomic E-state index is 12.0. The van der Waals surface area contributed by atoms with Crippen LogP contribution >= 0.6 is 34.8 Å². The minimum atomic E-state index is -5.72. The number of hydrogen-bond acceptors (Lipinski definition) is 13. The third kappa shape index (κ3) is 7.14. The molecule has 0 radical (unpaired) electrons. The van der Waals surface area contributed by atoms with Crippen LogP contribution in [-0.2, 0) is 31.6 Å². The van der Waals surface area contributed by atoms with E-state index in [1.807, 2.05) is 17.5 Å². The van der Waals surface area contributed by atoms with Crippen LogP contribution in [0.3, 0.4) is 0 Å². The van der Waals surface area contributed by atoms with Gasteiger partial charge in [-0.2, -0.15) is 8.62 Å². The van der Waals surface area contributed by atoms with Crippen LogP contribution in [0.1, 0.15) is 6.23 Å². The number of aliphatic hydroxyl groups is 2. The quantitative estimate of drug-likeness (QED) is 0.0991. The van der Waals surface area contributed by atoms with Gasteiger partial charge in [0.2, 0.25) is 0 Å². The number of nitrogens with zero attached hydrogens (tertiary/aromatic N) is 3. The monoisotopic (exact) mass is 611 g/mol. The number of hydrogen-bond donors (Lipinski definition) is 7. The van der Waals surface area contributed by atoms with E-state index in [-0.39, 0.29) is 41.0 Å². The number of nitrogen functional groups attached to an aromatic ring is 1. The van der Waals surface area contributed by atoms with Gasteiger partial charge >= 0.3 is 53.0 Å². The Kier molecular flexibility index (Phi) is 9.61. The molecule has 3 aromatic heterocycles. The van der Waals surface area contributed by atoms with Crippen molar-refractivity contribution in [3.8, 4) is 10.4 Å². The molecule has 2 unspecified atom stereocenters. The summed E-state index contributed by atoms with van der Waals surface area (Å²) in [6.45, 7) is -0.952. The van der Waals surface area contributed by atoms with E-state index in [4.69, 9.17) is 20.3 Å². The zero-order chi connectivity index (χ0) is 26.5. The van der Waals surface area contributed by atoms with Crippen LogP contribution in [0.2, 0.25) is 0 Å². The van der Waals surface area contributed by atoms with Crippen molar-refractivity contribution in [2.45, 2.75) is 24.5 Å². The number of nitrogens with two attached hydrogens (primary N) is 1. The molecule has 22 heteroatoms. The molecule has 0 amide bonds. The largest absolute Gasteiger partial charge is 1.00 e. The molecule has 0 saturated carbocycles. The molecule has 1 aliphatic rings. The summed E-state index contributed by atoms with van der Waals surface area (Å²) < 4.78 is 52.9. The Balaban J connectivity index is 0.00000380. The van der Waals surface area contributed by atoms with Gasteiger partial charge in [0, 0.05) is 16.6 Å². The Morgan fingerprint density at radius 2 is 1.78 bits per heavy atom. The van der Waals surface area contributed by atoms with Crippen LogP contribution in [0.15, 0.2) is 30.0 Å². The topological polar surface area (TPSA) is 266 Å². The van der Waals surface area contributed by atoms with Crippen molar-refractivity contribution < 1.29 is 90.9 Å². The summed E-state index contributed by atoms with van der Waals surface area (Å²) in [6, 6.07) is 3.63. The molecule has 8 N–H and O–H groups in total. The Hall–Kier alpha value is -0.590. The van der Waals surface area contributed by atoms with E-state index in [0.717, 1.165) is 4.88 Å². The van der Waals surface area contributed by atoms with Crippen molar-refractivity contribution in [2.24, 2.45) is 0 Å². The van der Waals surface area contributed by atoms with Crippen molar-refractivity contribution in [1.29, 1.82) is 0 Å². The first kappa shape index (κ1) is 30.9. The third-order valence-corrected chi connectivity index (χ3v) is 9.56. The Morgan fingerprint density at radius 1 is 1.08 bits per heavy atom. The molecule has 37 heavy (non-hydrogen) atoms. The second-order valence-electron chi connectivity index (χ2n) is 7.32. The zero-order valence-electron chi connectivity index (χ0n) is 18.6. The van der Waals surface area contributed by atoms with Crippen molar-refractivity contribution in [3.63, 3.8) is 0 Å². The normalized spacial score (nSPS) is 25.5. The number of fused-ring (bicyclic) bond motifs is 1. The van der Waals surface area contributed by atoms with Crippen LogP contribution in [0.25, 0.3) is 21.5 Å². The fraction of sp³-hybridized carbons (Fsp3) is 0.333. The van der Waals surface area contributed by atoms with Crippen LogP contribution in [0, 0.1) is 0 Å². The number of ether oxygens (including phenoxy) is 1. The van der Waals surface area contributed by atoms with Gasteiger partial charge in [-0.05, 0) is 11.4 Å². The minimum absolute atomic E-state index is 0. The molecule has 1 saturated heterocycles. The molecule has 0 aromatic carbocycles. The molecule has 1 fully saturated rings. The second-order valence-corrected chi connectivity index (χ2v) is 12.7. The third-order valence-electron chi connectivity index (χ3n) is 4.85. The fourth-order valence-corrected chi connectivity index (χ4v) is 7.26. The summed E-state index contributed by atoms with van der Waals surface area (Å²) in [4.78, 5) is 45.0. The first-order valence-corrected chi connectivity index (χ1v) is 15.0. The second kappa shape index (κ2) is 11.5. The summed E-state index contributed by atoms with van der Waals surface area (Å²) in [5.41, 5.74) is 6.93. The average molecular weight is 611 g/mol. The van der Waals surface area contributed by atoms with Gasteiger partial charge < -0.3 is 44.8 Å². The fourth-order valence-electron chi connectivity index (χ4n) is 3.49. The molecule has 3 aromatic rings. The van der Waals surface area contributed by atoms with Gasteiger partial charge in [0.15, 0.2) is 6.23 Å². The molecular weight excluding hydrogens is 592 g/mol. The number of anilines is 1. The first-order valence-electron chi connectivity index (χ1n) is 9.62. The molecule has 1 aliphatic heterocycles. The average Bonchev–Trinajstić information content (AvgIpc) is 3.44. The molecule has 6 atom stereocenters. The number of aromatic nitrogens is 3. The van der Waals surface area contributed by atoms with Crippen molar-refractivity contribution in [3.05, 3.63) is 30.0 Å². The number of rotatable bonds is 9. The van der Waals surface area contributed by atoms with E-state index in [1.165, 1.54) is 22.2 Å². The smallest absolute Gasteiger partial charge is 0.387 e. The number of thiophene rings is 1. The van der Waals surface area contributed by atoms with Crippen molar-refractivity contribution >= 4 is 51.7 Å². The van der Waals surface area contributed by atoms with Crippen LogP contribution in [-0.4, -0.2) is 69.2 Å². The van der Waals surface area contributed by atoms with Crippen LogP contribution in [0.5, 0.6) is 0 Å². The van der Waals surface area contributed by atoms with Gasteiger partial charge in [-0.15, -0.1) is 11.3 Å². The first-order chi connectivity index (χ1) is 16.7. The zero-order valence-corrected chi connectivity index (χ0v) is 24.1. The SMILES string of the molecule is Nc1ncnc2c1c(-c1cccs1)cn2[C@@H]1O[C@H](COP(=O)(O)OP(=O)(O)OP(=O)(O)O)[C@@H](O)[C@H]1O.[Na+]. The standard InChI is InChI=1S/C15H19N4O13P3S.Na/c16-13-10-7(9-2-1-3-36-9)4-19(14(10)18-6-17-13)15-12(21)11(20)8(30-15)5-29-34(25,26)32-35(27,28)31-33(22,23)24;/h1-4,6,8,11-12,15,20-21H,5H2,(H,25,26)(H,27,28)(H2,16,17,18)(H2,22,23,24);/q;+1/t8-,11-,12-,15-;/m1./s1. The van der Waals surface area contributed by atoms with E-state index < -0.39 is 54.6 Å². The predicted molar refractivity (Wildman–Crippen MR) is 121 cm³/mol. The van der Waals surface area contributed by atoms with E-state index in [9.17, 15) is 33.7 Å². The van der Waals surface area contributed by atoms with Gasteiger partial charge in [0.1, 0.15) is 36.1 Å². The Labute approximate surface area is 233 Å². The molecule has 4 heterocycles. The van der Waals surface area contributed by atoms with Crippen LogP contribution in [0.4, 0.5) is 5.82 Å². The van der Waals surface area contributed by atoms with Gasteiger partial charge in [-0.3, -0.25) is 4.52 Å². The number of phosphoric acid groups is 3. The maximum absolute atomic E-state index is 12.0. The van der Waals surface area contributed by atoms with Gasteiger partial charge in [0.05, 0.1) is 12.0 Å². The van der Waals surface area contributed by atoms with Crippen molar-refractivity contribution in [2.75, 3.05) is 12.3 Å². The van der Waals surface area contributed by atoms with Crippen LogP contribution < -0.4 is 35.3 Å². The number of aliphatic hydroxyl groups excluding tert-OH is 2. The Bertz CT molecular complexity index is 1400. The van der Waals surface area contributed by atoms with Gasteiger partial charge in [-0.1, -0.05) is 6.07 Å². The molecule has 0 aliphatic carbocycles. The molecule has 198 valence electrons. The van der Waals surface area contributed by atoms with Gasteiger partial charge in [0.25, 0.3) is 0 Å². The Morgan fingerprint density at radius 3 is 2.41 bits per heavy atom. The van der Waals surface area contributed by atoms with Crippen molar-refractivity contribution in [1.82, 2.24) is 14.5 Å². The molecular formula is C15H19N4NaO13P3S+. The maximum Gasteiger partial charge on any atom is 1.00 e. The predicted octanol–water partition coefficient (Wildman–Crippen LogP) is -2.29. The summed E-state index contributed by atoms with van der Waals surface area (Å²) in [6.07, 6.45) is -3.24. The van der Waals surface area contributed by atoms with Gasteiger partial charge in [-0.25, -0.2) is 23.7 Å².